The van der Waals surface area contributed by atoms with Crippen LogP contribution in [0.25, 0.3) is 0 Å². The van der Waals surface area contributed by atoms with Gasteiger partial charge in [-0.2, -0.15) is 0 Å². The smallest absolute Gasteiger partial charge is 0.316 e. The standard InChI is InChI=1S/C17H25NO5/c1-6-8-11(18-23-9-7-2)13-12(19)10-17(3,4)14(15(13)20)16(21)22-5/h7,13-14H,2,6,8-10H2,1,3-5H3/b18-11+. The van der Waals surface area contributed by atoms with Crippen molar-refractivity contribution in [2.45, 2.75) is 40.0 Å². The Morgan fingerprint density at radius 1 is 1.43 bits per heavy atom. The van der Waals surface area contributed by atoms with Gasteiger partial charge >= 0.3 is 5.97 Å². The second-order valence-electron chi connectivity index (χ2n) is 6.34. The SMILES string of the molecule is C=CCO/N=C(\CCC)C1C(=O)CC(C)(C)C(C(=O)OC)C1=O. The van der Waals surface area contributed by atoms with Crippen LogP contribution in [0.2, 0.25) is 0 Å². The molecule has 6 nitrogen and oxygen atoms in total. The lowest BCUT2D eigenvalue weighted by Gasteiger charge is -2.38. The number of carbonyl (C=O) groups is 3. The van der Waals surface area contributed by atoms with Crippen LogP contribution in [-0.2, 0) is 24.0 Å². The number of rotatable bonds is 7. The fourth-order valence-corrected chi connectivity index (χ4v) is 2.94. The van der Waals surface area contributed by atoms with Crippen molar-refractivity contribution in [3.63, 3.8) is 0 Å². The molecule has 0 aromatic heterocycles. The molecule has 0 heterocycles. The molecule has 1 rings (SSSR count). The summed E-state index contributed by atoms with van der Waals surface area (Å²) in [6.45, 7) is 9.09. The average Bonchev–Trinajstić information content (AvgIpc) is 2.45. The van der Waals surface area contributed by atoms with Crippen LogP contribution in [0.3, 0.4) is 0 Å². The van der Waals surface area contributed by atoms with Crippen LogP contribution < -0.4 is 0 Å². The van der Waals surface area contributed by atoms with Gasteiger partial charge in [-0.15, -0.1) is 0 Å². The average molecular weight is 323 g/mol. The number of hydrogen-bond acceptors (Lipinski definition) is 6. The van der Waals surface area contributed by atoms with Crippen molar-refractivity contribution in [3.8, 4) is 0 Å². The van der Waals surface area contributed by atoms with E-state index in [1.54, 1.807) is 13.8 Å². The Labute approximate surface area is 136 Å². The summed E-state index contributed by atoms with van der Waals surface area (Å²) in [4.78, 5) is 42.4. The minimum Gasteiger partial charge on any atom is -0.468 e. The van der Waals surface area contributed by atoms with Gasteiger partial charge in [-0.3, -0.25) is 14.4 Å². The lowest BCUT2D eigenvalue weighted by atomic mass is 9.63. The Morgan fingerprint density at radius 3 is 2.61 bits per heavy atom. The van der Waals surface area contributed by atoms with Gasteiger partial charge in [-0.25, -0.2) is 0 Å². The predicted octanol–water partition coefficient (Wildman–Crippen LogP) is 2.32. The van der Waals surface area contributed by atoms with E-state index in [9.17, 15) is 14.4 Å². The van der Waals surface area contributed by atoms with Gasteiger partial charge in [0.15, 0.2) is 5.78 Å². The van der Waals surface area contributed by atoms with Gasteiger partial charge in [0.1, 0.15) is 24.2 Å². The summed E-state index contributed by atoms with van der Waals surface area (Å²) in [6, 6.07) is 0. The van der Waals surface area contributed by atoms with E-state index < -0.39 is 29.0 Å². The summed E-state index contributed by atoms with van der Waals surface area (Å²) < 4.78 is 4.76. The highest BCUT2D eigenvalue weighted by Crippen LogP contribution is 2.40. The minimum atomic E-state index is -1.03. The molecule has 1 aliphatic carbocycles. The summed E-state index contributed by atoms with van der Waals surface area (Å²) in [5.74, 6) is -3.30. The molecular formula is C17H25NO5. The molecule has 0 amide bonds. The number of ketones is 2. The first-order valence-electron chi connectivity index (χ1n) is 7.74. The predicted molar refractivity (Wildman–Crippen MR) is 85.9 cm³/mol. The normalized spacial score (nSPS) is 24.3. The van der Waals surface area contributed by atoms with Crippen molar-refractivity contribution < 1.29 is 24.0 Å². The molecule has 23 heavy (non-hydrogen) atoms. The molecule has 2 unspecified atom stereocenters. The molecule has 1 aliphatic rings. The number of hydrogen-bond donors (Lipinski definition) is 0. The Balaban J connectivity index is 3.19. The van der Waals surface area contributed by atoms with Gasteiger partial charge in [0.25, 0.3) is 0 Å². The first-order chi connectivity index (χ1) is 10.8. The highest BCUT2D eigenvalue weighted by Gasteiger charge is 2.53. The molecule has 2 atom stereocenters. The summed E-state index contributed by atoms with van der Waals surface area (Å²) >= 11 is 0. The van der Waals surface area contributed by atoms with Crippen molar-refractivity contribution in [2.24, 2.45) is 22.4 Å². The molecule has 0 aromatic carbocycles. The minimum absolute atomic E-state index is 0.118. The zero-order chi connectivity index (χ0) is 17.6. The maximum Gasteiger partial charge on any atom is 0.316 e. The van der Waals surface area contributed by atoms with Crippen LogP contribution in [-0.4, -0.2) is 37.0 Å². The van der Waals surface area contributed by atoms with Crippen molar-refractivity contribution in [1.82, 2.24) is 0 Å². The van der Waals surface area contributed by atoms with E-state index in [0.717, 1.165) is 0 Å². The molecule has 0 N–H and O–H groups in total. The van der Waals surface area contributed by atoms with E-state index in [1.807, 2.05) is 6.92 Å². The number of methoxy groups -OCH3 is 1. The molecule has 6 heteroatoms. The van der Waals surface area contributed by atoms with Gasteiger partial charge in [0, 0.05) is 6.42 Å². The van der Waals surface area contributed by atoms with E-state index in [-0.39, 0.29) is 18.8 Å². The van der Waals surface area contributed by atoms with Crippen molar-refractivity contribution in [3.05, 3.63) is 12.7 Å². The third-order valence-electron chi connectivity index (χ3n) is 3.95. The number of oxime groups is 1. The molecule has 0 bridgehead atoms. The largest absolute Gasteiger partial charge is 0.468 e. The third-order valence-corrected chi connectivity index (χ3v) is 3.95. The Morgan fingerprint density at radius 2 is 2.09 bits per heavy atom. The van der Waals surface area contributed by atoms with E-state index in [1.165, 1.54) is 13.2 Å². The highest BCUT2D eigenvalue weighted by atomic mass is 16.6. The highest BCUT2D eigenvalue weighted by molar-refractivity contribution is 6.26. The van der Waals surface area contributed by atoms with Crippen LogP contribution in [0, 0.1) is 17.3 Å². The molecule has 0 aromatic rings. The van der Waals surface area contributed by atoms with Crippen LogP contribution in [0.4, 0.5) is 0 Å². The first-order valence-corrected chi connectivity index (χ1v) is 7.74. The zero-order valence-electron chi connectivity index (χ0n) is 14.3. The number of carbonyl (C=O) groups excluding carboxylic acids is 3. The van der Waals surface area contributed by atoms with Gasteiger partial charge in [0.2, 0.25) is 0 Å². The summed E-state index contributed by atoms with van der Waals surface area (Å²) in [5.41, 5.74) is -0.398. The van der Waals surface area contributed by atoms with Crippen LogP contribution in [0.15, 0.2) is 17.8 Å². The summed E-state index contributed by atoms with van der Waals surface area (Å²) in [5, 5.41) is 3.95. The third kappa shape index (κ3) is 4.27. The second-order valence-corrected chi connectivity index (χ2v) is 6.34. The Kier molecular flexibility index (Phi) is 6.66. The zero-order valence-corrected chi connectivity index (χ0v) is 14.3. The maximum absolute atomic E-state index is 12.8. The van der Waals surface area contributed by atoms with Crippen LogP contribution >= 0.6 is 0 Å². The van der Waals surface area contributed by atoms with E-state index >= 15 is 0 Å². The van der Waals surface area contributed by atoms with E-state index in [0.29, 0.717) is 18.6 Å². The summed E-state index contributed by atoms with van der Waals surface area (Å²) in [7, 11) is 1.24. The molecule has 128 valence electrons. The molecular weight excluding hydrogens is 298 g/mol. The Hall–Kier alpha value is -1.98. The molecule has 0 radical (unpaired) electrons. The maximum atomic E-state index is 12.8. The topological polar surface area (TPSA) is 82.0 Å². The van der Waals surface area contributed by atoms with Crippen LogP contribution in [0.5, 0.6) is 0 Å². The molecule has 0 spiro atoms. The van der Waals surface area contributed by atoms with E-state index in [2.05, 4.69) is 11.7 Å². The number of nitrogens with zero attached hydrogens (tertiary/aromatic N) is 1. The molecule has 0 aliphatic heterocycles. The summed E-state index contributed by atoms with van der Waals surface area (Å²) in [6.07, 6.45) is 2.80. The van der Waals surface area contributed by atoms with Crippen molar-refractivity contribution in [1.29, 1.82) is 0 Å². The second kappa shape index (κ2) is 8.04. The van der Waals surface area contributed by atoms with Crippen molar-refractivity contribution >= 4 is 23.2 Å². The fraction of sp³-hybridized carbons (Fsp3) is 0.647. The lowest BCUT2D eigenvalue weighted by Crippen LogP contribution is -2.52. The van der Waals surface area contributed by atoms with E-state index in [4.69, 9.17) is 9.57 Å². The Bertz CT molecular complexity index is 521. The number of esters is 1. The van der Waals surface area contributed by atoms with Gasteiger partial charge < -0.3 is 9.57 Å². The van der Waals surface area contributed by atoms with Gasteiger partial charge in [-0.05, 0) is 11.8 Å². The number of ether oxygens (including phenoxy) is 1. The molecule has 1 saturated carbocycles. The molecule has 1 fully saturated rings. The number of Topliss-reactive ketones (excluding diaryl/α,β-unsaturated/α-hetero) is 2. The lowest BCUT2D eigenvalue weighted by molar-refractivity contribution is -0.159. The fourth-order valence-electron chi connectivity index (χ4n) is 2.94. The van der Waals surface area contributed by atoms with Gasteiger partial charge in [-0.1, -0.05) is 45.0 Å². The van der Waals surface area contributed by atoms with Crippen LogP contribution in [0.1, 0.15) is 40.0 Å². The first kappa shape index (κ1) is 19.1. The monoisotopic (exact) mass is 323 g/mol. The quantitative estimate of drug-likeness (QED) is 0.179. The van der Waals surface area contributed by atoms with Crippen molar-refractivity contribution in [2.75, 3.05) is 13.7 Å². The molecule has 0 saturated heterocycles. The van der Waals surface area contributed by atoms with Gasteiger partial charge in [0.05, 0.1) is 12.8 Å².